The van der Waals surface area contributed by atoms with Crippen LogP contribution >= 0.6 is 12.4 Å². The van der Waals surface area contributed by atoms with Crippen LogP contribution in [0.1, 0.15) is 19.4 Å². The van der Waals surface area contributed by atoms with Crippen LogP contribution in [-0.2, 0) is 9.59 Å². The molecule has 4 N–H and O–H groups in total. The first-order chi connectivity index (χ1) is 8.45. The van der Waals surface area contributed by atoms with Crippen molar-refractivity contribution in [3.8, 4) is 0 Å². The van der Waals surface area contributed by atoms with E-state index in [9.17, 15) is 9.59 Å². The summed E-state index contributed by atoms with van der Waals surface area (Å²) in [6, 6.07) is 5.36. The van der Waals surface area contributed by atoms with Gasteiger partial charge in [-0.3, -0.25) is 9.59 Å². The van der Waals surface area contributed by atoms with E-state index < -0.39 is 0 Å². The summed E-state index contributed by atoms with van der Waals surface area (Å²) in [4.78, 5) is 22.8. The van der Waals surface area contributed by atoms with Crippen molar-refractivity contribution in [3.63, 3.8) is 0 Å². The SMILES string of the molecule is CC(=O)Nc1cccc(NC(=O)C(C)CN)c1C.Cl. The van der Waals surface area contributed by atoms with Crippen LogP contribution in [0.5, 0.6) is 0 Å². The molecule has 1 rings (SSSR count). The Morgan fingerprint density at radius 3 is 2.26 bits per heavy atom. The molecule has 0 aliphatic heterocycles. The second-order valence-corrected chi connectivity index (χ2v) is 4.29. The summed E-state index contributed by atoms with van der Waals surface area (Å²) in [7, 11) is 0. The quantitative estimate of drug-likeness (QED) is 0.790. The molecule has 0 saturated heterocycles. The van der Waals surface area contributed by atoms with Gasteiger partial charge in [-0.2, -0.15) is 0 Å². The van der Waals surface area contributed by atoms with Crippen molar-refractivity contribution < 1.29 is 9.59 Å². The third-order valence-corrected chi connectivity index (χ3v) is 2.70. The summed E-state index contributed by atoms with van der Waals surface area (Å²) in [5.74, 6) is -0.508. The number of hydrogen-bond acceptors (Lipinski definition) is 3. The van der Waals surface area contributed by atoms with Gasteiger partial charge in [0.15, 0.2) is 0 Å². The molecule has 1 aromatic carbocycles. The molecule has 2 amide bonds. The minimum Gasteiger partial charge on any atom is -0.330 e. The minimum atomic E-state index is -0.242. The lowest BCUT2D eigenvalue weighted by Gasteiger charge is -2.14. The van der Waals surface area contributed by atoms with Gasteiger partial charge in [0.1, 0.15) is 0 Å². The molecule has 0 saturated carbocycles. The zero-order valence-electron chi connectivity index (χ0n) is 11.3. The molecule has 5 nitrogen and oxygen atoms in total. The number of nitrogens with two attached hydrogens (primary N) is 1. The fourth-order valence-electron chi connectivity index (χ4n) is 1.46. The fraction of sp³-hybridized carbons (Fsp3) is 0.385. The van der Waals surface area contributed by atoms with Crippen LogP contribution in [0.4, 0.5) is 11.4 Å². The van der Waals surface area contributed by atoms with E-state index in [0.717, 1.165) is 5.56 Å². The maximum absolute atomic E-state index is 11.8. The molecule has 1 aromatic rings. The van der Waals surface area contributed by atoms with Gasteiger partial charge in [-0.25, -0.2) is 0 Å². The number of amides is 2. The highest BCUT2D eigenvalue weighted by Crippen LogP contribution is 2.23. The van der Waals surface area contributed by atoms with E-state index in [-0.39, 0.29) is 30.1 Å². The molecule has 0 spiro atoms. The molecular weight excluding hydrogens is 266 g/mol. The molecule has 0 heterocycles. The molecule has 0 aliphatic carbocycles. The number of halogens is 1. The number of rotatable bonds is 4. The molecule has 19 heavy (non-hydrogen) atoms. The van der Waals surface area contributed by atoms with Crippen molar-refractivity contribution in [1.82, 2.24) is 0 Å². The summed E-state index contributed by atoms with van der Waals surface area (Å²) < 4.78 is 0. The first kappa shape index (κ1) is 17.4. The maximum Gasteiger partial charge on any atom is 0.228 e. The van der Waals surface area contributed by atoms with Crippen molar-refractivity contribution in [3.05, 3.63) is 23.8 Å². The van der Waals surface area contributed by atoms with Crippen molar-refractivity contribution in [2.75, 3.05) is 17.2 Å². The third-order valence-electron chi connectivity index (χ3n) is 2.70. The van der Waals surface area contributed by atoms with Gasteiger partial charge in [0, 0.05) is 30.8 Å². The molecule has 0 radical (unpaired) electrons. The van der Waals surface area contributed by atoms with Crippen LogP contribution < -0.4 is 16.4 Å². The Morgan fingerprint density at radius 1 is 1.26 bits per heavy atom. The zero-order chi connectivity index (χ0) is 13.7. The molecule has 6 heteroatoms. The Hall–Kier alpha value is -1.59. The third kappa shape index (κ3) is 4.89. The van der Waals surface area contributed by atoms with Crippen LogP contribution in [0.3, 0.4) is 0 Å². The Bertz CT molecular complexity index is 463. The number of benzene rings is 1. The fourth-order valence-corrected chi connectivity index (χ4v) is 1.46. The predicted octanol–water partition coefficient (Wildman–Crippen LogP) is 1.91. The lowest BCUT2D eigenvalue weighted by Crippen LogP contribution is -2.27. The number of carbonyl (C=O) groups excluding carboxylic acids is 2. The lowest BCUT2D eigenvalue weighted by molar-refractivity contribution is -0.119. The van der Waals surface area contributed by atoms with Gasteiger partial charge in [0.2, 0.25) is 11.8 Å². The second-order valence-electron chi connectivity index (χ2n) is 4.29. The maximum atomic E-state index is 11.8. The van der Waals surface area contributed by atoms with Gasteiger partial charge in [-0.15, -0.1) is 12.4 Å². The number of anilines is 2. The Morgan fingerprint density at radius 2 is 1.79 bits per heavy atom. The smallest absolute Gasteiger partial charge is 0.228 e. The largest absolute Gasteiger partial charge is 0.330 e. The first-order valence-corrected chi connectivity index (χ1v) is 5.83. The van der Waals surface area contributed by atoms with E-state index in [2.05, 4.69) is 10.6 Å². The Kier molecular flexibility index (Phi) is 7.11. The molecule has 0 aromatic heterocycles. The van der Waals surface area contributed by atoms with Crippen LogP contribution in [-0.4, -0.2) is 18.4 Å². The van der Waals surface area contributed by atoms with Crippen LogP contribution in [0.2, 0.25) is 0 Å². The summed E-state index contributed by atoms with van der Waals surface area (Å²) in [6.45, 7) is 5.35. The van der Waals surface area contributed by atoms with Crippen LogP contribution in [0.15, 0.2) is 18.2 Å². The molecular formula is C13H20ClN3O2. The van der Waals surface area contributed by atoms with Gasteiger partial charge in [-0.1, -0.05) is 13.0 Å². The van der Waals surface area contributed by atoms with Crippen molar-refractivity contribution >= 4 is 35.6 Å². The average Bonchev–Trinajstić information content (AvgIpc) is 2.32. The lowest BCUT2D eigenvalue weighted by atomic mass is 10.1. The monoisotopic (exact) mass is 285 g/mol. The molecule has 1 atom stereocenters. The van der Waals surface area contributed by atoms with Crippen LogP contribution in [0.25, 0.3) is 0 Å². The van der Waals surface area contributed by atoms with Gasteiger partial charge >= 0.3 is 0 Å². The topological polar surface area (TPSA) is 84.2 Å². The second kappa shape index (κ2) is 7.76. The molecule has 106 valence electrons. The standard InChI is InChI=1S/C13H19N3O2.ClH/c1-8(7-14)13(18)16-12-6-4-5-11(9(12)2)15-10(3)17;/h4-6,8H,7,14H2,1-3H3,(H,15,17)(H,16,18);1H. The first-order valence-electron chi connectivity index (χ1n) is 5.83. The minimum absolute atomic E-state index is 0. The summed E-state index contributed by atoms with van der Waals surface area (Å²) in [5, 5.41) is 5.52. The summed E-state index contributed by atoms with van der Waals surface area (Å²) >= 11 is 0. The van der Waals surface area contributed by atoms with E-state index in [1.165, 1.54) is 6.92 Å². The Labute approximate surface area is 119 Å². The van der Waals surface area contributed by atoms with E-state index >= 15 is 0 Å². The summed E-state index contributed by atoms with van der Waals surface area (Å²) in [6.07, 6.45) is 0. The van der Waals surface area contributed by atoms with Gasteiger partial charge in [-0.05, 0) is 24.6 Å². The predicted molar refractivity (Wildman–Crippen MR) is 79.6 cm³/mol. The molecule has 0 bridgehead atoms. The highest BCUT2D eigenvalue weighted by molar-refractivity contribution is 5.96. The van der Waals surface area contributed by atoms with Crippen molar-refractivity contribution in [2.45, 2.75) is 20.8 Å². The average molecular weight is 286 g/mol. The Balaban J connectivity index is 0.00000324. The molecule has 0 fully saturated rings. The van der Waals surface area contributed by atoms with Crippen molar-refractivity contribution in [1.29, 1.82) is 0 Å². The van der Waals surface area contributed by atoms with Crippen molar-refractivity contribution in [2.24, 2.45) is 11.7 Å². The number of hydrogen-bond donors (Lipinski definition) is 3. The highest BCUT2D eigenvalue weighted by Gasteiger charge is 2.13. The number of carbonyl (C=O) groups is 2. The normalized spacial score (nSPS) is 11.2. The van der Waals surface area contributed by atoms with Gasteiger partial charge in [0.05, 0.1) is 0 Å². The van der Waals surface area contributed by atoms with E-state index in [1.807, 2.05) is 6.92 Å². The van der Waals surface area contributed by atoms with Gasteiger partial charge < -0.3 is 16.4 Å². The molecule has 1 unspecified atom stereocenters. The molecule has 0 aliphatic rings. The van der Waals surface area contributed by atoms with E-state index in [1.54, 1.807) is 25.1 Å². The number of nitrogens with one attached hydrogen (secondary N) is 2. The summed E-state index contributed by atoms with van der Waals surface area (Å²) in [5.41, 5.74) is 7.65. The van der Waals surface area contributed by atoms with E-state index in [0.29, 0.717) is 17.9 Å². The highest BCUT2D eigenvalue weighted by atomic mass is 35.5. The zero-order valence-corrected chi connectivity index (χ0v) is 12.1. The van der Waals surface area contributed by atoms with Gasteiger partial charge in [0.25, 0.3) is 0 Å². The van der Waals surface area contributed by atoms with Crippen LogP contribution in [0, 0.1) is 12.8 Å². The van der Waals surface area contributed by atoms with E-state index in [4.69, 9.17) is 5.73 Å².